The lowest BCUT2D eigenvalue weighted by Gasteiger charge is -2.03. The number of aryl methyl sites for hydroxylation is 1. The summed E-state index contributed by atoms with van der Waals surface area (Å²) >= 11 is 0. The highest BCUT2D eigenvalue weighted by atomic mass is 16.2. The fourth-order valence-electron chi connectivity index (χ4n) is 1.91. The van der Waals surface area contributed by atoms with Crippen molar-refractivity contribution in [2.24, 2.45) is 0 Å². The Balaban J connectivity index is 1.90. The molecule has 0 aliphatic carbocycles. The second kappa shape index (κ2) is 4.26. The van der Waals surface area contributed by atoms with Crippen molar-refractivity contribution >= 4 is 28.3 Å². The third-order valence-electron chi connectivity index (χ3n) is 2.98. The third kappa shape index (κ3) is 1.92. The standard InChI is InChI=1S/C12H12N6O2/c1-5-9(13)10(18-17-5)11(19)14-6-2-3-7-8(4-6)16-12(20)15-7/h2-4H,13H2,1H3,(H,14,19)(H,17,18)(H2,15,16,20). The number of rotatable bonds is 2. The van der Waals surface area contributed by atoms with Crippen LogP contribution in [-0.2, 0) is 0 Å². The highest BCUT2D eigenvalue weighted by Crippen LogP contribution is 2.17. The van der Waals surface area contributed by atoms with Crippen LogP contribution in [0.2, 0.25) is 0 Å². The summed E-state index contributed by atoms with van der Waals surface area (Å²) in [6, 6.07) is 5.03. The first-order chi connectivity index (χ1) is 9.54. The van der Waals surface area contributed by atoms with Crippen LogP contribution < -0.4 is 16.7 Å². The van der Waals surface area contributed by atoms with Gasteiger partial charge in [-0.25, -0.2) is 4.79 Å². The maximum Gasteiger partial charge on any atom is 0.323 e. The average molecular weight is 272 g/mol. The molecule has 0 aliphatic rings. The number of hydrogen-bond donors (Lipinski definition) is 5. The number of aromatic nitrogens is 4. The lowest BCUT2D eigenvalue weighted by atomic mass is 10.2. The predicted octanol–water partition coefficient (Wildman–Crippen LogP) is 0.722. The number of nitrogen functional groups attached to an aromatic ring is 1. The number of carbonyl (C=O) groups excluding carboxylic acids is 1. The van der Waals surface area contributed by atoms with E-state index in [1.165, 1.54) is 0 Å². The molecule has 1 aromatic carbocycles. The first-order valence-corrected chi connectivity index (χ1v) is 5.88. The molecule has 0 atom stereocenters. The van der Waals surface area contributed by atoms with Crippen LogP contribution in [0.5, 0.6) is 0 Å². The Hall–Kier alpha value is -3.03. The summed E-state index contributed by atoms with van der Waals surface area (Å²) in [5, 5.41) is 9.18. The Morgan fingerprint density at radius 2 is 2.05 bits per heavy atom. The van der Waals surface area contributed by atoms with Gasteiger partial charge in [0.05, 0.1) is 22.4 Å². The molecule has 3 aromatic rings. The summed E-state index contributed by atoms with van der Waals surface area (Å²) in [4.78, 5) is 28.4. The second-order valence-electron chi connectivity index (χ2n) is 4.40. The fraction of sp³-hybridized carbons (Fsp3) is 0.0833. The monoisotopic (exact) mass is 272 g/mol. The highest BCUT2D eigenvalue weighted by Gasteiger charge is 2.15. The Morgan fingerprint density at radius 3 is 2.75 bits per heavy atom. The number of carbonyl (C=O) groups is 1. The Kier molecular flexibility index (Phi) is 2.56. The number of nitrogens with one attached hydrogen (secondary N) is 4. The van der Waals surface area contributed by atoms with Crippen LogP contribution >= 0.6 is 0 Å². The van der Waals surface area contributed by atoms with Gasteiger partial charge in [0.25, 0.3) is 5.91 Å². The number of H-pyrrole nitrogens is 3. The van der Waals surface area contributed by atoms with Crippen LogP contribution in [0, 0.1) is 6.92 Å². The molecule has 20 heavy (non-hydrogen) atoms. The van der Waals surface area contributed by atoms with E-state index in [1.807, 2.05) is 0 Å². The fourth-order valence-corrected chi connectivity index (χ4v) is 1.91. The Bertz CT molecular complexity index is 856. The van der Waals surface area contributed by atoms with Crippen LogP contribution in [0.1, 0.15) is 16.2 Å². The zero-order chi connectivity index (χ0) is 14.3. The Labute approximate surface area is 112 Å². The van der Waals surface area contributed by atoms with Crippen LogP contribution in [0.4, 0.5) is 11.4 Å². The molecule has 0 fully saturated rings. The summed E-state index contributed by atoms with van der Waals surface area (Å²) in [7, 11) is 0. The second-order valence-corrected chi connectivity index (χ2v) is 4.40. The number of anilines is 2. The van der Waals surface area contributed by atoms with E-state index in [-0.39, 0.29) is 11.4 Å². The quantitative estimate of drug-likeness (QED) is 0.470. The molecule has 0 bridgehead atoms. The normalized spacial score (nSPS) is 10.8. The van der Waals surface area contributed by atoms with Gasteiger partial charge in [0.15, 0.2) is 5.69 Å². The molecular formula is C12H12N6O2. The largest absolute Gasteiger partial charge is 0.395 e. The van der Waals surface area contributed by atoms with Gasteiger partial charge in [-0.1, -0.05) is 0 Å². The lowest BCUT2D eigenvalue weighted by Crippen LogP contribution is -2.14. The van der Waals surface area contributed by atoms with E-state index < -0.39 is 5.91 Å². The van der Waals surface area contributed by atoms with E-state index in [9.17, 15) is 9.59 Å². The highest BCUT2D eigenvalue weighted by molar-refractivity contribution is 6.07. The number of fused-ring (bicyclic) bond motifs is 1. The number of amides is 1. The minimum atomic E-state index is -0.413. The summed E-state index contributed by atoms with van der Waals surface area (Å²) < 4.78 is 0. The van der Waals surface area contributed by atoms with Gasteiger partial charge in [0.2, 0.25) is 0 Å². The van der Waals surface area contributed by atoms with Crippen molar-refractivity contribution < 1.29 is 4.79 Å². The smallest absolute Gasteiger partial charge is 0.323 e. The number of aromatic amines is 3. The van der Waals surface area contributed by atoms with Crippen LogP contribution in [-0.4, -0.2) is 26.1 Å². The number of hydrogen-bond acceptors (Lipinski definition) is 4. The first kappa shape index (κ1) is 12.0. The molecule has 102 valence electrons. The number of benzene rings is 1. The van der Waals surface area contributed by atoms with Gasteiger partial charge in [-0.05, 0) is 25.1 Å². The van der Waals surface area contributed by atoms with Gasteiger partial charge >= 0.3 is 5.69 Å². The summed E-state index contributed by atoms with van der Waals surface area (Å²) in [5.74, 6) is -0.413. The predicted molar refractivity (Wildman–Crippen MR) is 74.6 cm³/mol. The summed E-state index contributed by atoms with van der Waals surface area (Å²) in [6.07, 6.45) is 0. The van der Waals surface area contributed by atoms with Crippen molar-refractivity contribution in [2.75, 3.05) is 11.1 Å². The molecule has 0 aliphatic heterocycles. The van der Waals surface area contributed by atoms with Gasteiger partial charge in [-0.3, -0.25) is 9.89 Å². The van der Waals surface area contributed by atoms with Gasteiger partial charge < -0.3 is 21.0 Å². The minimum Gasteiger partial charge on any atom is -0.395 e. The van der Waals surface area contributed by atoms with Crippen molar-refractivity contribution in [3.63, 3.8) is 0 Å². The molecule has 0 spiro atoms. The van der Waals surface area contributed by atoms with Crippen molar-refractivity contribution in [3.05, 3.63) is 40.1 Å². The number of nitrogens with zero attached hydrogens (tertiary/aromatic N) is 1. The zero-order valence-corrected chi connectivity index (χ0v) is 10.6. The first-order valence-electron chi connectivity index (χ1n) is 5.88. The molecule has 0 radical (unpaired) electrons. The Morgan fingerprint density at radius 1 is 1.30 bits per heavy atom. The molecule has 1 amide bonds. The third-order valence-corrected chi connectivity index (χ3v) is 2.98. The molecular weight excluding hydrogens is 260 g/mol. The molecule has 8 nitrogen and oxygen atoms in total. The minimum absolute atomic E-state index is 0.144. The molecule has 6 N–H and O–H groups in total. The lowest BCUT2D eigenvalue weighted by molar-refractivity contribution is 0.102. The molecule has 3 rings (SSSR count). The zero-order valence-electron chi connectivity index (χ0n) is 10.6. The van der Waals surface area contributed by atoms with E-state index in [1.54, 1.807) is 25.1 Å². The van der Waals surface area contributed by atoms with E-state index in [0.717, 1.165) is 0 Å². The maximum absolute atomic E-state index is 12.0. The SMILES string of the molecule is Cc1[nH]nc(C(=O)Nc2ccc3[nH]c(=O)[nH]c3c2)c1N. The van der Waals surface area contributed by atoms with E-state index >= 15 is 0 Å². The van der Waals surface area contributed by atoms with Crippen molar-refractivity contribution in [2.45, 2.75) is 6.92 Å². The van der Waals surface area contributed by atoms with Crippen molar-refractivity contribution in [1.82, 2.24) is 20.2 Å². The van der Waals surface area contributed by atoms with Gasteiger partial charge in [0.1, 0.15) is 0 Å². The van der Waals surface area contributed by atoms with E-state index in [2.05, 4.69) is 25.5 Å². The van der Waals surface area contributed by atoms with E-state index in [4.69, 9.17) is 5.73 Å². The van der Waals surface area contributed by atoms with Crippen molar-refractivity contribution in [3.8, 4) is 0 Å². The van der Waals surface area contributed by atoms with Crippen LogP contribution in [0.3, 0.4) is 0 Å². The number of imidazole rings is 1. The van der Waals surface area contributed by atoms with Crippen molar-refractivity contribution in [1.29, 1.82) is 0 Å². The molecule has 0 saturated carbocycles. The van der Waals surface area contributed by atoms with Gasteiger partial charge in [0, 0.05) is 5.69 Å². The molecule has 2 aromatic heterocycles. The summed E-state index contributed by atoms with van der Waals surface area (Å²) in [5.41, 5.74) is 8.37. The van der Waals surface area contributed by atoms with Crippen LogP contribution in [0.15, 0.2) is 23.0 Å². The topological polar surface area (TPSA) is 132 Å². The van der Waals surface area contributed by atoms with Gasteiger partial charge in [-0.2, -0.15) is 5.10 Å². The molecule has 0 unspecified atom stereocenters. The molecule has 2 heterocycles. The average Bonchev–Trinajstić information content (AvgIpc) is 2.92. The van der Waals surface area contributed by atoms with E-state index in [0.29, 0.717) is 28.1 Å². The molecule has 8 heteroatoms. The van der Waals surface area contributed by atoms with Gasteiger partial charge in [-0.15, -0.1) is 0 Å². The maximum atomic E-state index is 12.0. The number of nitrogens with two attached hydrogens (primary N) is 1. The molecule has 0 saturated heterocycles. The van der Waals surface area contributed by atoms with Crippen LogP contribution in [0.25, 0.3) is 11.0 Å². The summed E-state index contributed by atoms with van der Waals surface area (Å²) in [6.45, 7) is 1.73.